The summed E-state index contributed by atoms with van der Waals surface area (Å²) in [6.45, 7) is 5.43. The Bertz CT molecular complexity index is 701. The molecular weight excluding hydrogens is 354 g/mol. The van der Waals surface area contributed by atoms with Gasteiger partial charge in [0.25, 0.3) is 0 Å². The Morgan fingerprint density at radius 2 is 2.12 bits per heavy atom. The molecule has 2 aromatic rings. The van der Waals surface area contributed by atoms with Gasteiger partial charge in [-0.1, -0.05) is 31.5 Å². The minimum Gasteiger partial charge on any atom is -0.341 e. The summed E-state index contributed by atoms with van der Waals surface area (Å²) in [6, 6.07) is 5.18. The maximum Gasteiger partial charge on any atom is 0.239 e. The van der Waals surface area contributed by atoms with E-state index < -0.39 is 6.04 Å². The first-order valence-corrected chi connectivity index (χ1v) is 8.89. The molecule has 2 aromatic heterocycles. The number of carbonyl (C=O) groups excluding carboxylic acids is 1. The predicted octanol–water partition coefficient (Wildman–Crippen LogP) is 2.63. The molecular formula is C18H26ClN5O2. The van der Waals surface area contributed by atoms with Gasteiger partial charge in [-0.15, -0.1) is 12.4 Å². The summed E-state index contributed by atoms with van der Waals surface area (Å²) in [5, 5.41) is 4.03. The van der Waals surface area contributed by atoms with Gasteiger partial charge in [-0.25, -0.2) is 0 Å². The zero-order valence-electron chi connectivity index (χ0n) is 15.2. The monoisotopic (exact) mass is 379 g/mol. The molecule has 0 spiro atoms. The summed E-state index contributed by atoms with van der Waals surface area (Å²) in [5.74, 6) is 1.55. The summed E-state index contributed by atoms with van der Waals surface area (Å²) >= 11 is 0. The normalized spacial score (nSPS) is 17.4. The van der Waals surface area contributed by atoms with Crippen molar-refractivity contribution in [3.63, 3.8) is 0 Å². The quantitative estimate of drug-likeness (QED) is 0.857. The van der Waals surface area contributed by atoms with Crippen LogP contribution < -0.4 is 5.73 Å². The number of likely N-dealkylation sites (tertiary alicyclic amines) is 1. The van der Waals surface area contributed by atoms with Crippen molar-refractivity contribution < 1.29 is 9.32 Å². The van der Waals surface area contributed by atoms with Crippen molar-refractivity contribution >= 4 is 18.3 Å². The van der Waals surface area contributed by atoms with Gasteiger partial charge < -0.3 is 15.2 Å². The first-order valence-electron chi connectivity index (χ1n) is 8.89. The van der Waals surface area contributed by atoms with Crippen LogP contribution in [0.25, 0.3) is 11.5 Å². The van der Waals surface area contributed by atoms with Crippen LogP contribution in [0.15, 0.2) is 28.9 Å². The second-order valence-electron chi connectivity index (χ2n) is 6.68. The first-order chi connectivity index (χ1) is 12.1. The average molecular weight is 380 g/mol. The highest BCUT2D eigenvalue weighted by molar-refractivity contribution is 5.85. The minimum absolute atomic E-state index is 0. The second-order valence-corrected chi connectivity index (χ2v) is 6.68. The van der Waals surface area contributed by atoms with Crippen molar-refractivity contribution in [1.29, 1.82) is 0 Å². The lowest BCUT2D eigenvalue weighted by atomic mass is 9.94. The van der Waals surface area contributed by atoms with Crippen LogP contribution in [0.2, 0.25) is 0 Å². The molecule has 0 aromatic carbocycles. The fraction of sp³-hybridized carbons (Fsp3) is 0.556. The number of nitrogens with two attached hydrogens (primary N) is 1. The Morgan fingerprint density at radius 3 is 2.73 bits per heavy atom. The number of piperidine rings is 1. The van der Waals surface area contributed by atoms with Crippen LogP contribution in [0.3, 0.4) is 0 Å². The lowest BCUT2D eigenvalue weighted by Gasteiger charge is -2.33. The van der Waals surface area contributed by atoms with E-state index in [2.05, 4.69) is 22.0 Å². The highest BCUT2D eigenvalue weighted by atomic mass is 35.5. The molecule has 2 atom stereocenters. The molecule has 1 amide bonds. The number of rotatable bonds is 5. The molecule has 7 nitrogen and oxygen atoms in total. The van der Waals surface area contributed by atoms with Crippen molar-refractivity contribution in [2.75, 3.05) is 13.1 Å². The molecule has 0 radical (unpaired) electrons. The highest BCUT2D eigenvalue weighted by Gasteiger charge is 2.31. The van der Waals surface area contributed by atoms with Crippen LogP contribution in [0, 0.1) is 5.92 Å². The van der Waals surface area contributed by atoms with Crippen molar-refractivity contribution in [2.24, 2.45) is 11.7 Å². The van der Waals surface area contributed by atoms with Crippen LogP contribution in [0.4, 0.5) is 0 Å². The van der Waals surface area contributed by atoms with Gasteiger partial charge in [0.2, 0.25) is 17.6 Å². The zero-order valence-corrected chi connectivity index (χ0v) is 16.0. The summed E-state index contributed by atoms with van der Waals surface area (Å²) in [7, 11) is 0. The third-order valence-electron chi connectivity index (χ3n) is 5.03. The molecule has 142 valence electrons. The van der Waals surface area contributed by atoms with Gasteiger partial charge in [0.1, 0.15) is 5.69 Å². The maximum absolute atomic E-state index is 12.5. The molecule has 0 bridgehead atoms. The summed E-state index contributed by atoms with van der Waals surface area (Å²) in [5.41, 5.74) is 6.78. The topological polar surface area (TPSA) is 98.1 Å². The number of amides is 1. The average Bonchev–Trinajstić information content (AvgIpc) is 3.17. The van der Waals surface area contributed by atoms with Gasteiger partial charge >= 0.3 is 0 Å². The van der Waals surface area contributed by atoms with E-state index in [1.165, 1.54) is 0 Å². The highest BCUT2D eigenvalue weighted by Crippen LogP contribution is 2.28. The Balaban J connectivity index is 0.00000243. The predicted molar refractivity (Wildman–Crippen MR) is 101 cm³/mol. The molecule has 3 rings (SSSR count). The van der Waals surface area contributed by atoms with Gasteiger partial charge in [-0.3, -0.25) is 9.78 Å². The Kier molecular flexibility index (Phi) is 7.11. The molecule has 1 aliphatic heterocycles. The number of nitrogens with zero attached hydrogens (tertiary/aromatic N) is 4. The van der Waals surface area contributed by atoms with Gasteiger partial charge in [0.05, 0.1) is 6.04 Å². The van der Waals surface area contributed by atoms with E-state index >= 15 is 0 Å². The summed E-state index contributed by atoms with van der Waals surface area (Å²) in [4.78, 5) is 23.1. The number of halogens is 1. The molecule has 3 heterocycles. The van der Waals surface area contributed by atoms with E-state index in [1.54, 1.807) is 6.20 Å². The van der Waals surface area contributed by atoms with Crippen molar-refractivity contribution in [1.82, 2.24) is 20.0 Å². The molecule has 2 N–H and O–H groups in total. The number of carbonyl (C=O) groups is 1. The molecule has 1 saturated heterocycles. The van der Waals surface area contributed by atoms with Crippen molar-refractivity contribution in [3.8, 4) is 11.5 Å². The van der Waals surface area contributed by atoms with Gasteiger partial charge in [-0.05, 0) is 30.9 Å². The molecule has 26 heavy (non-hydrogen) atoms. The fourth-order valence-electron chi connectivity index (χ4n) is 3.06. The molecule has 1 fully saturated rings. The van der Waals surface area contributed by atoms with E-state index in [0.717, 1.165) is 19.3 Å². The Hall–Kier alpha value is -1.99. The van der Waals surface area contributed by atoms with Gasteiger partial charge in [0, 0.05) is 25.2 Å². The van der Waals surface area contributed by atoms with Gasteiger partial charge in [-0.2, -0.15) is 4.98 Å². The van der Waals surface area contributed by atoms with E-state index in [9.17, 15) is 4.79 Å². The minimum atomic E-state index is -0.416. The Labute approximate surface area is 159 Å². The van der Waals surface area contributed by atoms with E-state index in [1.807, 2.05) is 30.0 Å². The summed E-state index contributed by atoms with van der Waals surface area (Å²) in [6.07, 6.45) is 4.23. The number of hydrogen-bond donors (Lipinski definition) is 1. The number of pyridine rings is 1. The summed E-state index contributed by atoms with van der Waals surface area (Å²) < 4.78 is 5.43. The Morgan fingerprint density at radius 1 is 1.38 bits per heavy atom. The van der Waals surface area contributed by atoms with E-state index in [4.69, 9.17) is 10.3 Å². The molecule has 0 aliphatic carbocycles. The molecule has 1 aliphatic rings. The van der Waals surface area contributed by atoms with Crippen LogP contribution >= 0.6 is 12.4 Å². The van der Waals surface area contributed by atoms with Gasteiger partial charge in [0.15, 0.2) is 0 Å². The van der Waals surface area contributed by atoms with E-state index in [0.29, 0.717) is 30.5 Å². The maximum atomic E-state index is 12.5. The zero-order chi connectivity index (χ0) is 17.8. The standard InChI is InChI=1S/C18H25N5O2.ClH/c1-3-12(2)15(19)18(24)23-10-7-13(8-11-23)17-21-16(22-25-17)14-6-4-5-9-20-14;/h4-6,9,12-13,15H,3,7-8,10-11,19H2,1-2H3;1H. The van der Waals surface area contributed by atoms with Crippen LogP contribution in [0.1, 0.15) is 44.9 Å². The lowest BCUT2D eigenvalue weighted by Crippen LogP contribution is -2.49. The molecule has 8 heteroatoms. The third kappa shape index (κ3) is 4.40. The second kappa shape index (κ2) is 9.09. The first kappa shape index (κ1) is 20.3. The largest absolute Gasteiger partial charge is 0.341 e. The van der Waals surface area contributed by atoms with Crippen LogP contribution in [-0.2, 0) is 4.79 Å². The fourth-order valence-corrected chi connectivity index (χ4v) is 3.06. The third-order valence-corrected chi connectivity index (χ3v) is 5.03. The lowest BCUT2D eigenvalue weighted by molar-refractivity contribution is -0.134. The SMILES string of the molecule is CCC(C)C(N)C(=O)N1CCC(c2nc(-c3ccccn3)no2)CC1.Cl. The van der Waals surface area contributed by atoms with E-state index in [-0.39, 0.29) is 30.2 Å². The number of hydrogen-bond acceptors (Lipinski definition) is 6. The number of aromatic nitrogens is 3. The van der Waals surface area contributed by atoms with Crippen LogP contribution in [0.5, 0.6) is 0 Å². The van der Waals surface area contributed by atoms with Crippen LogP contribution in [-0.4, -0.2) is 45.1 Å². The molecule has 2 unspecified atom stereocenters. The van der Waals surface area contributed by atoms with Crippen molar-refractivity contribution in [3.05, 3.63) is 30.3 Å². The smallest absolute Gasteiger partial charge is 0.239 e. The molecule has 0 saturated carbocycles. The van der Waals surface area contributed by atoms with Crippen molar-refractivity contribution in [2.45, 2.75) is 45.1 Å².